The molecular weight excluding hydrogens is 478 g/mol. The summed E-state index contributed by atoms with van der Waals surface area (Å²) in [4.78, 5) is 0. The Morgan fingerprint density at radius 3 is 2.04 bits per heavy atom. The van der Waals surface area contributed by atoms with Crippen molar-refractivity contribution in [2.75, 3.05) is 0 Å². The van der Waals surface area contributed by atoms with E-state index in [4.69, 9.17) is 0 Å². The number of hydrogen-bond acceptors (Lipinski definition) is 0. The van der Waals surface area contributed by atoms with Gasteiger partial charge in [0.05, 0.1) is 0 Å². The summed E-state index contributed by atoms with van der Waals surface area (Å²) in [6.45, 7) is 16.2. The molecule has 0 N–H and O–H groups in total. The topological polar surface area (TPSA) is 0 Å². The van der Waals surface area contributed by atoms with Crippen molar-refractivity contribution in [3.63, 3.8) is 0 Å². The SMILES string of the molecule is Cc1[c-]c2c(cc1)-c1ccc(C)cc1C2.Cl.Cl.[C-]1=CC=CC1.[CH2-]C.[CH2-]C.[SiH2]=[Zr]. The first kappa shape index (κ1) is 32.3. The molecule has 4 heteroatoms. The molecule has 0 saturated carbocycles. The summed E-state index contributed by atoms with van der Waals surface area (Å²) in [5, 5.41) is 0. The van der Waals surface area contributed by atoms with Crippen molar-refractivity contribution in [2.24, 2.45) is 0 Å². The van der Waals surface area contributed by atoms with E-state index < -0.39 is 0 Å². The first-order chi connectivity index (χ1) is 12.7. The first-order valence-electron chi connectivity index (χ1n) is 8.84. The molecule has 0 bridgehead atoms. The van der Waals surface area contributed by atoms with Crippen LogP contribution in [-0.4, -0.2) is 6.88 Å². The van der Waals surface area contributed by atoms with Crippen LogP contribution in [0.1, 0.15) is 42.5 Å². The van der Waals surface area contributed by atoms with Crippen molar-refractivity contribution >= 4 is 31.7 Å². The van der Waals surface area contributed by atoms with Crippen molar-refractivity contribution in [1.82, 2.24) is 0 Å². The van der Waals surface area contributed by atoms with Crippen LogP contribution in [0.5, 0.6) is 0 Å². The molecule has 2 aromatic rings. The van der Waals surface area contributed by atoms with Crippen LogP contribution in [0.3, 0.4) is 0 Å². The van der Waals surface area contributed by atoms with Crippen LogP contribution in [0.25, 0.3) is 11.1 Å². The van der Waals surface area contributed by atoms with E-state index in [-0.39, 0.29) is 24.8 Å². The predicted octanol–water partition coefficient (Wildman–Crippen LogP) is 6.59. The Kier molecular flexibility index (Phi) is 22.9. The van der Waals surface area contributed by atoms with E-state index in [9.17, 15) is 0 Å². The van der Waals surface area contributed by atoms with Crippen LogP contribution >= 0.6 is 24.8 Å². The molecule has 0 radical (unpaired) electrons. The number of fused-ring (bicyclic) bond motifs is 3. The summed E-state index contributed by atoms with van der Waals surface area (Å²) in [5.74, 6) is 0. The van der Waals surface area contributed by atoms with Crippen LogP contribution in [0.2, 0.25) is 0 Å². The molecule has 2 aromatic carbocycles. The number of aryl methyl sites for hydroxylation is 2. The molecular formula is C24H32Cl2SiZr-4. The fraction of sp³-hybridized carbons (Fsp3) is 0.250. The average molecular weight is 511 g/mol. The molecule has 0 amide bonds. The van der Waals surface area contributed by atoms with Gasteiger partial charge in [0, 0.05) is 0 Å². The summed E-state index contributed by atoms with van der Waals surface area (Å²) < 4.78 is 0. The van der Waals surface area contributed by atoms with Gasteiger partial charge in [-0.2, -0.15) is 43.7 Å². The first-order valence-corrected chi connectivity index (χ1v) is 14.8. The molecule has 0 nitrogen and oxygen atoms in total. The summed E-state index contributed by atoms with van der Waals surface area (Å²) in [5.41, 5.74) is 8.15. The van der Waals surface area contributed by atoms with Crippen LogP contribution in [-0.2, 0) is 29.8 Å². The van der Waals surface area contributed by atoms with Crippen molar-refractivity contribution < 1.29 is 23.3 Å². The maximum absolute atomic E-state index is 3.45. The van der Waals surface area contributed by atoms with E-state index in [1.54, 1.807) is 37.2 Å². The molecule has 154 valence electrons. The number of rotatable bonds is 0. The third-order valence-corrected chi connectivity index (χ3v) is 3.68. The quantitative estimate of drug-likeness (QED) is 0.237. The van der Waals surface area contributed by atoms with Gasteiger partial charge in [0.2, 0.25) is 0 Å². The van der Waals surface area contributed by atoms with Crippen LogP contribution < -0.4 is 0 Å². The van der Waals surface area contributed by atoms with Crippen molar-refractivity contribution in [3.05, 3.63) is 96.8 Å². The van der Waals surface area contributed by atoms with E-state index >= 15 is 0 Å². The van der Waals surface area contributed by atoms with E-state index in [0.717, 1.165) is 12.8 Å². The molecule has 0 aromatic heterocycles. The molecule has 4 rings (SSSR count). The molecule has 2 aliphatic rings. The van der Waals surface area contributed by atoms with Gasteiger partial charge in [-0.1, -0.05) is 36.2 Å². The Morgan fingerprint density at radius 1 is 0.929 bits per heavy atom. The number of benzene rings is 2. The zero-order valence-corrected chi connectivity index (χ0v) is 23.0. The standard InChI is InChI=1S/C15H13.C5H5.2C2H5.2ClH.H2Si.Zr/c1-10-3-5-14-12(7-10)9-13-8-11(2)4-6-15(13)14;1-2-4-5-3-1;2*1-2;;;;/h3-7H,9H2,1-2H3;1-3H,4H2;2*1H2,2H3;2*1H;1H2;/q4*-1;;;;. The molecule has 0 heterocycles. The molecule has 2 aliphatic carbocycles. The minimum absolute atomic E-state index is 0. The molecule has 0 atom stereocenters. The van der Waals surface area contributed by atoms with Gasteiger partial charge >= 0.3 is 30.2 Å². The van der Waals surface area contributed by atoms with Gasteiger partial charge in [-0.15, -0.1) is 42.4 Å². The number of hydrogen-bond donors (Lipinski definition) is 0. The Balaban J connectivity index is -0.000000410. The van der Waals surface area contributed by atoms with Gasteiger partial charge in [-0.25, -0.2) is 12.2 Å². The van der Waals surface area contributed by atoms with Gasteiger partial charge in [0.1, 0.15) is 0 Å². The average Bonchev–Trinajstić information content (AvgIpc) is 3.37. The van der Waals surface area contributed by atoms with E-state index in [1.165, 1.54) is 33.4 Å². The Morgan fingerprint density at radius 2 is 1.54 bits per heavy atom. The fourth-order valence-electron chi connectivity index (χ4n) is 2.71. The fourth-order valence-corrected chi connectivity index (χ4v) is 2.71. The Bertz CT molecular complexity index is 665. The zero-order valence-electron chi connectivity index (χ0n) is 17.5. The normalized spacial score (nSPS) is 10.3. The van der Waals surface area contributed by atoms with E-state index in [1.807, 2.05) is 19.0 Å². The van der Waals surface area contributed by atoms with Crippen LogP contribution in [0.4, 0.5) is 0 Å². The number of allylic oxidation sites excluding steroid dienone is 4. The monoisotopic (exact) mass is 508 g/mol. The summed E-state index contributed by atoms with van der Waals surface area (Å²) in [6, 6.07) is 14.5. The van der Waals surface area contributed by atoms with E-state index in [2.05, 4.69) is 76.2 Å². The summed E-state index contributed by atoms with van der Waals surface area (Å²) in [6.07, 6.45) is 11.0. The van der Waals surface area contributed by atoms with Crippen LogP contribution in [0, 0.1) is 39.8 Å². The number of halogens is 2. The molecule has 0 spiro atoms. The second kappa shape index (κ2) is 19.9. The second-order valence-corrected chi connectivity index (χ2v) is 5.37. The van der Waals surface area contributed by atoms with Crippen molar-refractivity contribution in [3.8, 4) is 11.1 Å². The minimum atomic E-state index is 0. The van der Waals surface area contributed by atoms with Gasteiger partial charge < -0.3 is 13.8 Å². The van der Waals surface area contributed by atoms with Gasteiger partial charge in [0.25, 0.3) is 0 Å². The second-order valence-electron chi connectivity index (χ2n) is 5.37. The molecule has 0 aliphatic heterocycles. The van der Waals surface area contributed by atoms with E-state index in [0.29, 0.717) is 0 Å². The van der Waals surface area contributed by atoms with Crippen molar-refractivity contribution in [2.45, 2.75) is 40.5 Å². The van der Waals surface area contributed by atoms with Gasteiger partial charge in [-0.05, 0) is 18.9 Å². The van der Waals surface area contributed by atoms with Gasteiger partial charge in [0.15, 0.2) is 0 Å². The molecule has 0 unspecified atom stereocenters. The third-order valence-electron chi connectivity index (χ3n) is 3.68. The Labute approximate surface area is 202 Å². The zero-order chi connectivity index (χ0) is 19.9. The summed E-state index contributed by atoms with van der Waals surface area (Å²) >= 11 is 1.58. The summed E-state index contributed by atoms with van der Waals surface area (Å²) in [7, 11) is 0. The molecule has 0 saturated heterocycles. The third kappa shape index (κ3) is 10.4. The van der Waals surface area contributed by atoms with Gasteiger partial charge in [-0.3, -0.25) is 6.08 Å². The molecule has 0 fully saturated rings. The maximum atomic E-state index is 3.45. The van der Waals surface area contributed by atoms with Crippen molar-refractivity contribution in [1.29, 1.82) is 0 Å². The van der Waals surface area contributed by atoms with Crippen LogP contribution in [0.15, 0.2) is 48.6 Å². The molecule has 28 heavy (non-hydrogen) atoms. The predicted molar refractivity (Wildman–Crippen MR) is 130 cm³/mol. The Hall–Kier alpha value is -0.400.